The average molecular weight is 389 g/mol. The van der Waals surface area contributed by atoms with Gasteiger partial charge in [-0.2, -0.15) is 5.10 Å². The predicted molar refractivity (Wildman–Crippen MR) is 89.5 cm³/mol. The van der Waals surface area contributed by atoms with Crippen LogP contribution in [0.25, 0.3) is 22.4 Å². The summed E-state index contributed by atoms with van der Waals surface area (Å²) in [6, 6.07) is 7.32. The van der Waals surface area contributed by atoms with E-state index in [1.54, 1.807) is 23.5 Å². The van der Waals surface area contributed by atoms with E-state index in [1.807, 2.05) is 17.5 Å². The number of thiophene rings is 1. The van der Waals surface area contributed by atoms with Gasteiger partial charge in [0.1, 0.15) is 0 Å². The van der Waals surface area contributed by atoms with Crippen molar-refractivity contribution < 1.29 is 0 Å². The van der Waals surface area contributed by atoms with Gasteiger partial charge in [-0.05, 0) is 34.1 Å². The SMILES string of the molecule is Nc1n[nH]c(-c2csc(Br)c2)c1-c1ccc(Cl)cc1Cl. The number of benzene rings is 1. The van der Waals surface area contributed by atoms with Gasteiger partial charge in [-0.25, -0.2) is 0 Å². The van der Waals surface area contributed by atoms with Crippen LogP contribution in [0.2, 0.25) is 10.0 Å². The normalized spacial score (nSPS) is 10.9. The Morgan fingerprint density at radius 3 is 2.70 bits per heavy atom. The fourth-order valence-corrected chi connectivity index (χ4v) is 3.62. The van der Waals surface area contributed by atoms with Gasteiger partial charge >= 0.3 is 0 Å². The second-order valence-electron chi connectivity index (χ2n) is 4.12. The first kappa shape index (κ1) is 13.9. The van der Waals surface area contributed by atoms with Crippen LogP contribution in [0.15, 0.2) is 33.4 Å². The molecule has 0 fully saturated rings. The molecule has 3 aromatic rings. The molecule has 0 saturated carbocycles. The number of H-pyrrole nitrogens is 1. The van der Waals surface area contributed by atoms with Crippen molar-refractivity contribution in [3.8, 4) is 22.4 Å². The minimum atomic E-state index is 0.409. The van der Waals surface area contributed by atoms with Crippen LogP contribution in [0.4, 0.5) is 5.82 Å². The first-order valence-corrected chi connectivity index (χ1v) is 8.03. The Labute approximate surface area is 137 Å². The summed E-state index contributed by atoms with van der Waals surface area (Å²) in [4.78, 5) is 0. The number of hydrogen-bond donors (Lipinski definition) is 2. The molecule has 0 spiro atoms. The lowest BCUT2D eigenvalue weighted by Crippen LogP contribution is -1.89. The number of nitrogens with one attached hydrogen (secondary N) is 1. The van der Waals surface area contributed by atoms with Gasteiger partial charge in [0, 0.05) is 21.5 Å². The van der Waals surface area contributed by atoms with Gasteiger partial charge < -0.3 is 5.73 Å². The fraction of sp³-hybridized carbons (Fsp3) is 0. The molecule has 2 aromatic heterocycles. The molecule has 20 heavy (non-hydrogen) atoms. The first-order chi connectivity index (χ1) is 9.56. The molecular weight excluding hydrogens is 381 g/mol. The molecule has 0 aliphatic rings. The Morgan fingerprint density at radius 2 is 2.05 bits per heavy atom. The van der Waals surface area contributed by atoms with E-state index < -0.39 is 0 Å². The van der Waals surface area contributed by atoms with Crippen molar-refractivity contribution in [1.82, 2.24) is 10.2 Å². The van der Waals surface area contributed by atoms with Crippen LogP contribution >= 0.6 is 50.5 Å². The van der Waals surface area contributed by atoms with E-state index in [-0.39, 0.29) is 0 Å². The van der Waals surface area contributed by atoms with Gasteiger partial charge in [0.05, 0.1) is 20.1 Å². The number of hydrogen-bond acceptors (Lipinski definition) is 3. The highest BCUT2D eigenvalue weighted by molar-refractivity contribution is 9.11. The largest absolute Gasteiger partial charge is 0.382 e. The van der Waals surface area contributed by atoms with E-state index in [0.717, 1.165) is 26.2 Å². The summed E-state index contributed by atoms with van der Waals surface area (Å²) in [5.41, 5.74) is 9.42. The lowest BCUT2D eigenvalue weighted by molar-refractivity contribution is 1.10. The Kier molecular flexibility index (Phi) is 3.77. The molecule has 102 valence electrons. The standard InChI is InChI=1S/C13H8BrCl2N3S/c14-10-3-6(5-20-10)12-11(13(17)19-18-12)8-2-1-7(15)4-9(8)16/h1-5H,(H3,17,18,19). The van der Waals surface area contributed by atoms with Crippen molar-refractivity contribution in [3.05, 3.63) is 43.5 Å². The van der Waals surface area contributed by atoms with Gasteiger partial charge in [-0.3, -0.25) is 5.10 Å². The second kappa shape index (κ2) is 5.41. The third-order valence-electron chi connectivity index (χ3n) is 2.85. The highest BCUT2D eigenvalue weighted by atomic mass is 79.9. The maximum absolute atomic E-state index is 6.27. The number of halogens is 3. The van der Waals surface area contributed by atoms with E-state index in [1.165, 1.54) is 0 Å². The number of nitrogens with zero attached hydrogens (tertiary/aromatic N) is 1. The lowest BCUT2D eigenvalue weighted by Gasteiger charge is -2.06. The molecule has 2 heterocycles. The van der Waals surface area contributed by atoms with Crippen molar-refractivity contribution >= 4 is 56.3 Å². The van der Waals surface area contributed by atoms with Gasteiger partial charge in [-0.15, -0.1) is 11.3 Å². The molecule has 0 unspecified atom stereocenters. The van der Waals surface area contributed by atoms with Gasteiger partial charge in [0.25, 0.3) is 0 Å². The fourth-order valence-electron chi connectivity index (χ4n) is 1.97. The summed E-state index contributed by atoms with van der Waals surface area (Å²) < 4.78 is 1.04. The molecule has 7 heteroatoms. The Balaban J connectivity index is 2.21. The molecular formula is C13H8BrCl2N3S. The molecule has 3 rings (SSSR count). The highest BCUT2D eigenvalue weighted by Crippen LogP contribution is 2.40. The summed E-state index contributed by atoms with van der Waals surface area (Å²) in [6.07, 6.45) is 0. The van der Waals surface area contributed by atoms with E-state index in [0.29, 0.717) is 15.9 Å². The van der Waals surface area contributed by atoms with E-state index in [2.05, 4.69) is 26.1 Å². The van der Waals surface area contributed by atoms with Crippen molar-refractivity contribution in [2.24, 2.45) is 0 Å². The molecule has 3 N–H and O–H groups in total. The maximum atomic E-state index is 6.27. The number of aromatic nitrogens is 2. The van der Waals surface area contributed by atoms with Crippen LogP contribution in [0, 0.1) is 0 Å². The minimum absolute atomic E-state index is 0.409. The molecule has 0 saturated heterocycles. The van der Waals surface area contributed by atoms with Gasteiger partial charge in [0.15, 0.2) is 5.82 Å². The van der Waals surface area contributed by atoms with Crippen molar-refractivity contribution in [2.45, 2.75) is 0 Å². The lowest BCUT2D eigenvalue weighted by atomic mass is 10.0. The average Bonchev–Trinajstić information content (AvgIpc) is 2.96. The van der Waals surface area contributed by atoms with Crippen LogP contribution in [0.3, 0.4) is 0 Å². The summed E-state index contributed by atoms with van der Waals surface area (Å²) >= 11 is 17.2. The Hall–Kier alpha value is -1.01. The predicted octanol–water partition coefficient (Wildman–Crippen LogP) is 5.46. The zero-order valence-electron chi connectivity index (χ0n) is 9.95. The second-order valence-corrected chi connectivity index (χ2v) is 7.26. The molecule has 1 aromatic carbocycles. The van der Waals surface area contributed by atoms with Crippen LogP contribution in [0.5, 0.6) is 0 Å². The number of nitrogens with two attached hydrogens (primary N) is 1. The summed E-state index contributed by atoms with van der Waals surface area (Å²) in [6.45, 7) is 0. The van der Waals surface area contributed by atoms with Crippen LogP contribution in [0.1, 0.15) is 0 Å². The van der Waals surface area contributed by atoms with E-state index in [4.69, 9.17) is 28.9 Å². The molecule has 0 amide bonds. The number of aromatic amines is 1. The molecule has 0 bridgehead atoms. The number of rotatable bonds is 2. The Bertz CT molecular complexity index is 782. The number of anilines is 1. The van der Waals surface area contributed by atoms with Crippen molar-refractivity contribution in [1.29, 1.82) is 0 Å². The zero-order chi connectivity index (χ0) is 14.3. The molecule has 3 nitrogen and oxygen atoms in total. The summed E-state index contributed by atoms with van der Waals surface area (Å²) in [5, 5.41) is 10.2. The molecule has 0 aliphatic heterocycles. The van der Waals surface area contributed by atoms with Crippen LogP contribution < -0.4 is 5.73 Å². The Morgan fingerprint density at radius 1 is 1.25 bits per heavy atom. The van der Waals surface area contributed by atoms with Gasteiger partial charge in [0.2, 0.25) is 0 Å². The quantitative estimate of drug-likeness (QED) is 0.612. The van der Waals surface area contributed by atoms with E-state index in [9.17, 15) is 0 Å². The topological polar surface area (TPSA) is 54.7 Å². The maximum Gasteiger partial charge on any atom is 0.153 e. The first-order valence-electron chi connectivity index (χ1n) is 5.60. The molecule has 0 atom stereocenters. The highest BCUT2D eigenvalue weighted by Gasteiger charge is 2.18. The molecule has 0 radical (unpaired) electrons. The molecule has 0 aliphatic carbocycles. The number of nitrogen functional groups attached to an aromatic ring is 1. The smallest absolute Gasteiger partial charge is 0.153 e. The van der Waals surface area contributed by atoms with Gasteiger partial charge in [-0.1, -0.05) is 29.3 Å². The van der Waals surface area contributed by atoms with Crippen LogP contribution in [-0.4, -0.2) is 10.2 Å². The monoisotopic (exact) mass is 387 g/mol. The minimum Gasteiger partial charge on any atom is -0.382 e. The zero-order valence-corrected chi connectivity index (χ0v) is 13.9. The summed E-state index contributed by atoms with van der Waals surface area (Å²) in [5.74, 6) is 0.409. The van der Waals surface area contributed by atoms with Crippen LogP contribution in [-0.2, 0) is 0 Å². The van der Waals surface area contributed by atoms with E-state index >= 15 is 0 Å². The third-order valence-corrected chi connectivity index (χ3v) is 4.90. The summed E-state index contributed by atoms with van der Waals surface area (Å²) in [7, 11) is 0. The van der Waals surface area contributed by atoms with Crippen molar-refractivity contribution in [3.63, 3.8) is 0 Å². The third kappa shape index (κ3) is 2.46. The van der Waals surface area contributed by atoms with Crippen molar-refractivity contribution in [2.75, 3.05) is 5.73 Å².